The highest BCUT2D eigenvalue weighted by molar-refractivity contribution is 5.88. The molecule has 136 valence electrons. The minimum absolute atomic E-state index is 0.0500. The summed E-state index contributed by atoms with van der Waals surface area (Å²) in [5.41, 5.74) is 0.983. The third-order valence-electron chi connectivity index (χ3n) is 4.16. The first-order chi connectivity index (χ1) is 12.3. The molecule has 8 heteroatoms. The lowest BCUT2D eigenvalue weighted by molar-refractivity contribution is -0.137. The minimum Gasteiger partial charge on any atom is -0.461 e. The van der Waals surface area contributed by atoms with E-state index in [2.05, 4.69) is 10.1 Å². The molecule has 0 saturated heterocycles. The van der Waals surface area contributed by atoms with Gasteiger partial charge in [-0.3, -0.25) is 0 Å². The monoisotopic (exact) mass is 363 g/mol. The van der Waals surface area contributed by atoms with Crippen LogP contribution in [0.1, 0.15) is 34.1 Å². The number of imidazole rings is 1. The number of hydrogen-bond acceptors (Lipinski definition) is 4. The molecule has 0 fully saturated rings. The van der Waals surface area contributed by atoms with Gasteiger partial charge in [0.15, 0.2) is 11.3 Å². The molecule has 0 unspecified atom stereocenters. The first-order valence-corrected chi connectivity index (χ1v) is 7.94. The van der Waals surface area contributed by atoms with Crippen LogP contribution in [-0.2, 0) is 10.9 Å². The summed E-state index contributed by atoms with van der Waals surface area (Å²) < 4.78 is 46.4. The van der Waals surface area contributed by atoms with E-state index in [4.69, 9.17) is 4.74 Å². The molecule has 0 radical (unpaired) electrons. The Morgan fingerprint density at radius 2 is 1.88 bits per heavy atom. The summed E-state index contributed by atoms with van der Waals surface area (Å²) in [7, 11) is 0. The van der Waals surface area contributed by atoms with E-state index < -0.39 is 17.7 Å². The molecule has 3 rings (SSSR count). The minimum atomic E-state index is -4.52. The predicted molar refractivity (Wildman–Crippen MR) is 88.9 cm³/mol. The maximum atomic E-state index is 13.4. The largest absolute Gasteiger partial charge is 0.461 e. The van der Waals surface area contributed by atoms with Crippen LogP contribution >= 0.6 is 0 Å². The summed E-state index contributed by atoms with van der Waals surface area (Å²) in [5, 5.41) is 4.30. The number of aromatic nitrogens is 3. The van der Waals surface area contributed by atoms with Gasteiger partial charge >= 0.3 is 12.1 Å². The van der Waals surface area contributed by atoms with Crippen LogP contribution in [0.4, 0.5) is 13.2 Å². The molecule has 3 aromatic rings. The fourth-order valence-electron chi connectivity index (χ4n) is 2.76. The number of carbonyl (C=O) groups excluding carboxylic acids is 1. The van der Waals surface area contributed by atoms with Crippen molar-refractivity contribution in [2.45, 2.75) is 26.9 Å². The molecule has 0 amide bonds. The van der Waals surface area contributed by atoms with E-state index in [9.17, 15) is 18.0 Å². The van der Waals surface area contributed by atoms with Crippen molar-refractivity contribution in [2.24, 2.45) is 0 Å². The zero-order valence-corrected chi connectivity index (χ0v) is 14.4. The van der Waals surface area contributed by atoms with Crippen molar-refractivity contribution < 1.29 is 22.7 Å². The van der Waals surface area contributed by atoms with Gasteiger partial charge in [0.25, 0.3) is 0 Å². The number of benzene rings is 1. The molecule has 0 bridgehead atoms. The molecule has 1 aromatic carbocycles. The van der Waals surface area contributed by atoms with Gasteiger partial charge in [0.2, 0.25) is 0 Å². The second-order valence-corrected chi connectivity index (χ2v) is 5.74. The molecule has 0 spiro atoms. The molecular weight excluding hydrogens is 347 g/mol. The Labute approximate surface area is 147 Å². The van der Waals surface area contributed by atoms with E-state index in [1.54, 1.807) is 20.8 Å². The van der Waals surface area contributed by atoms with Gasteiger partial charge in [0, 0.05) is 5.56 Å². The molecule has 2 aromatic heterocycles. The van der Waals surface area contributed by atoms with Crippen LogP contribution in [0.25, 0.3) is 16.9 Å². The lowest BCUT2D eigenvalue weighted by atomic mass is 9.99. The van der Waals surface area contributed by atoms with Crippen molar-refractivity contribution >= 4 is 11.6 Å². The summed E-state index contributed by atoms with van der Waals surface area (Å²) >= 11 is 0. The fourth-order valence-corrected chi connectivity index (χ4v) is 2.76. The molecular formula is C18H16F3N3O2. The molecule has 0 aliphatic carbocycles. The number of aryl methyl sites for hydroxylation is 1. The first kappa shape index (κ1) is 17.9. The topological polar surface area (TPSA) is 56.5 Å². The number of fused-ring (bicyclic) bond motifs is 1. The molecule has 2 heterocycles. The number of hydrogen-bond donors (Lipinski definition) is 0. The van der Waals surface area contributed by atoms with Crippen molar-refractivity contribution in [3.8, 4) is 11.3 Å². The van der Waals surface area contributed by atoms with Gasteiger partial charge in [-0.1, -0.05) is 18.2 Å². The van der Waals surface area contributed by atoms with Gasteiger partial charge in [-0.15, -0.1) is 0 Å². The van der Waals surface area contributed by atoms with Crippen LogP contribution in [0.3, 0.4) is 0 Å². The molecule has 0 saturated carbocycles. The fraction of sp³-hybridized carbons (Fsp3) is 0.278. The SMILES string of the molecule is CCOC(=O)c1cnc2c(C)c(C)c(-c3ccccc3C(F)(F)F)nn12. The van der Waals surface area contributed by atoms with Crippen LogP contribution in [0, 0.1) is 13.8 Å². The third kappa shape index (κ3) is 2.91. The Morgan fingerprint density at radius 1 is 1.19 bits per heavy atom. The zero-order chi connectivity index (χ0) is 19.1. The Bertz CT molecular complexity index is 993. The van der Waals surface area contributed by atoms with Gasteiger partial charge in [0.05, 0.1) is 24.1 Å². The highest BCUT2D eigenvalue weighted by atomic mass is 19.4. The van der Waals surface area contributed by atoms with E-state index >= 15 is 0 Å². The summed E-state index contributed by atoms with van der Waals surface area (Å²) in [6.07, 6.45) is -3.21. The van der Waals surface area contributed by atoms with Crippen molar-refractivity contribution in [1.82, 2.24) is 14.6 Å². The first-order valence-electron chi connectivity index (χ1n) is 7.94. The van der Waals surface area contributed by atoms with E-state index in [0.29, 0.717) is 16.8 Å². The summed E-state index contributed by atoms with van der Waals surface area (Å²) in [6.45, 7) is 5.24. The Hall–Kier alpha value is -2.90. The number of carbonyl (C=O) groups is 1. The Kier molecular flexibility index (Phi) is 4.43. The van der Waals surface area contributed by atoms with Gasteiger partial charge in [-0.2, -0.15) is 18.3 Å². The summed E-state index contributed by atoms with van der Waals surface area (Å²) in [6, 6.07) is 5.22. The second-order valence-electron chi connectivity index (χ2n) is 5.74. The van der Waals surface area contributed by atoms with Crippen LogP contribution in [0.5, 0.6) is 0 Å². The van der Waals surface area contributed by atoms with Crippen LogP contribution in [0.15, 0.2) is 30.5 Å². The average molecular weight is 363 g/mol. The molecule has 0 N–H and O–H groups in total. The molecule has 5 nitrogen and oxygen atoms in total. The lowest BCUT2D eigenvalue weighted by Gasteiger charge is -2.15. The van der Waals surface area contributed by atoms with Crippen LogP contribution in [0.2, 0.25) is 0 Å². The maximum absolute atomic E-state index is 13.4. The number of rotatable bonds is 3. The molecule has 0 aliphatic rings. The van der Waals surface area contributed by atoms with Crippen molar-refractivity contribution in [1.29, 1.82) is 0 Å². The Balaban J connectivity index is 2.30. The third-order valence-corrected chi connectivity index (χ3v) is 4.16. The highest BCUT2D eigenvalue weighted by Gasteiger charge is 2.34. The summed E-state index contributed by atoms with van der Waals surface area (Å²) in [4.78, 5) is 16.3. The van der Waals surface area contributed by atoms with Gasteiger partial charge < -0.3 is 4.74 Å². The van der Waals surface area contributed by atoms with E-state index in [1.807, 2.05) is 0 Å². The standard InChI is InChI=1S/C18H16F3N3O2/c1-4-26-17(25)14-9-22-16-11(3)10(2)15(23-24(14)16)12-7-5-6-8-13(12)18(19,20)21/h5-9H,4H2,1-3H3. The van der Waals surface area contributed by atoms with Crippen molar-refractivity contribution in [3.05, 3.63) is 52.8 Å². The Morgan fingerprint density at radius 3 is 2.54 bits per heavy atom. The quantitative estimate of drug-likeness (QED) is 0.654. The normalized spacial score (nSPS) is 11.8. The smallest absolute Gasteiger partial charge is 0.417 e. The number of halogens is 3. The van der Waals surface area contributed by atoms with E-state index in [1.165, 1.54) is 28.9 Å². The summed E-state index contributed by atoms with van der Waals surface area (Å²) in [5.74, 6) is -0.634. The zero-order valence-electron chi connectivity index (χ0n) is 14.4. The van der Waals surface area contributed by atoms with E-state index in [0.717, 1.165) is 6.07 Å². The molecule has 26 heavy (non-hydrogen) atoms. The molecule has 0 aliphatic heterocycles. The average Bonchev–Trinajstić information content (AvgIpc) is 3.01. The highest BCUT2D eigenvalue weighted by Crippen LogP contribution is 2.38. The predicted octanol–water partition coefficient (Wildman–Crippen LogP) is 4.21. The van der Waals surface area contributed by atoms with Gasteiger partial charge in [0.1, 0.15) is 0 Å². The van der Waals surface area contributed by atoms with Crippen LogP contribution in [-0.4, -0.2) is 27.2 Å². The van der Waals surface area contributed by atoms with Gasteiger partial charge in [-0.25, -0.2) is 14.3 Å². The number of esters is 1. The number of alkyl halides is 3. The molecule has 0 atom stereocenters. The number of ether oxygens (including phenoxy) is 1. The lowest BCUT2D eigenvalue weighted by Crippen LogP contribution is -2.13. The van der Waals surface area contributed by atoms with E-state index in [-0.39, 0.29) is 23.6 Å². The maximum Gasteiger partial charge on any atom is 0.417 e. The van der Waals surface area contributed by atoms with Gasteiger partial charge in [-0.05, 0) is 38.0 Å². The number of nitrogens with zero attached hydrogens (tertiary/aromatic N) is 3. The van der Waals surface area contributed by atoms with Crippen LogP contribution < -0.4 is 0 Å². The van der Waals surface area contributed by atoms with Crippen molar-refractivity contribution in [3.63, 3.8) is 0 Å². The van der Waals surface area contributed by atoms with Crippen molar-refractivity contribution in [2.75, 3.05) is 6.61 Å². The second kappa shape index (κ2) is 6.44.